The molecule has 0 heterocycles. The van der Waals surface area contributed by atoms with Crippen molar-refractivity contribution in [1.29, 1.82) is 0 Å². The monoisotopic (exact) mass is 557 g/mol. The van der Waals surface area contributed by atoms with E-state index < -0.39 is 0 Å². The third kappa shape index (κ3) is 78.7. The molecule has 0 saturated carbocycles. The smallest absolute Gasteiger partial charge is 0.0780 e. The third-order valence-corrected chi connectivity index (χ3v) is 5.24. The molecule has 1 rings (SSSR count). The molecule has 3 heteroatoms. The lowest BCUT2D eigenvalue weighted by atomic mass is 10.2. The molecule has 0 bridgehead atoms. The molecule has 0 unspecified atom stereocenters. The van der Waals surface area contributed by atoms with Gasteiger partial charge in [-0.1, -0.05) is 136 Å². The zero-order valence-corrected chi connectivity index (χ0v) is 29.8. The molecule has 0 radical (unpaired) electrons. The van der Waals surface area contributed by atoms with Gasteiger partial charge in [-0.15, -0.1) is 0 Å². The van der Waals surface area contributed by atoms with Crippen LogP contribution in [0.2, 0.25) is 0 Å². The second kappa shape index (κ2) is 41.6. The summed E-state index contributed by atoms with van der Waals surface area (Å²) in [4.78, 5) is 4.39. The van der Waals surface area contributed by atoms with Crippen molar-refractivity contribution >= 4 is 0 Å². The van der Waals surface area contributed by atoms with Crippen LogP contribution in [0, 0.1) is 13.8 Å². The number of quaternary nitrogens is 1. The van der Waals surface area contributed by atoms with Crippen LogP contribution in [-0.2, 0) is 0 Å². The summed E-state index contributed by atoms with van der Waals surface area (Å²) in [6, 6.07) is 8.48. The van der Waals surface area contributed by atoms with Crippen LogP contribution >= 0.6 is 0 Å². The Morgan fingerprint density at radius 3 is 0.923 bits per heavy atom. The second-order valence-electron chi connectivity index (χ2n) is 11.8. The molecule has 1 aromatic rings. The highest BCUT2D eigenvalue weighted by atomic mass is 15.3. The maximum Gasteiger partial charge on any atom is 0.0780 e. The van der Waals surface area contributed by atoms with Crippen molar-refractivity contribution in [2.24, 2.45) is 0 Å². The summed E-state index contributed by atoms with van der Waals surface area (Å²) in [5.41, 5.74) is 2.66. The number of aryl methyl sites for hydroxylation is 2. The minimum atomic E-state index is 0. The lowest BCUT2D eigenvalue weighted by Crippen LogP contribution is -2.35. The van der Waals surface area contributed by atoms with Gasteiger partial charge in [-0.05, 0) is 74.4 Å². The van der Waals surface area contributed by atoms with E-state index >= 15 is 0 Å². The predicted molar refractivity (Wildman–Crippen MR) is 189 cm³/mol. The molecule has 0 amide bonds. The van der Waals surface area contributed by atoms with Crippen molar-refractivity contribution in [1.82, 2.24) is 9.80 Å². The molecule has 3 nitrogen and oxygen atoms in total. The zero-order valence-electron chi connectivity index (χ0n) is 29.8. The van der Waals surface area contributed by atoms with E-state index in [0.29, 0.717) is 0 Å². The van der Waals surface area contributed by atoms with Crippen LogP contribution in [0.1, 0.15) is 131 Å². The zero-order chi connectivity index (χ0) is 30.8. The minimum absolute atomic E-state index is 0. The van der Waals surface area contributed by atoms with Gasteiger partial charge in [0, 0.05) is 0 Å². The third-order valence-electron chi connectivity index (χ3n) is 5.24. The Hall–Kier alpha value is -0.900. The Labute approximate surface area is 252 Å². The first kappa shape index (κ1) is 50.9. The van der Waals surface area contributed by atoms with E-state index in [9.17, 15) is 0 Å². The van der Waals surface area contributed by atoms with Crippen molar-refractivity contribution < 1.29 is 4.48 Å². The molecule has 240 valence electrons. The number of benzene rings is 1. The fraction of sp³-hybridized carbons (Fsp3) is 0.833. The maximum atomic E-state index is 2.23. The Kier molecular flexibility index (Phi) is 54.3. The van der Waals surface area contributed by atoms with Gasteiger partial charge in [0.25, 0.3) is 0 Å². The standard InChI is InChI=1S/C8H10.C7H18N.C6H15N.C5H13N.C5H12.C4H10.CH4/c1-7-3-5-8(2)6-4-7;1-5-6-7-8(2,3)4;1-4-5-6-7(2)3;1-4-5-6(2)3;1-3-5-4-2;1-3-4-2;/h3-6H,1-2H3;5-7H2,1-4H3;4-6H2,1-3H3;4-5H2,1-3H3;3-5H2,1-2H3;3-4H2,1-2H3;1H4/q;+1;;;;;. The van der Waals surface area contributed by atoms with Crippen LogP contribution in [0.15, 0.2) is 24.3 Å². The van der Waals surface area contributed by atoms with Gasteiger partial charge in [0.05, 0.1) is 27.7 Å². The molecule has 0 aromatic heterocycles. The fourth-order valence-electron chi connectivity index (χ4n) is 2.54. The first-order valence-electron chi connectivity index (χ1n) is 15.9. The van der Waals surface area contributed by atoms with Crippen molar-refractivity contribution in [2.75, 3.05) is 69.0 Å². The minimum Gasteiger partial charge on any atom is -0.331 e. The lowest BCUT2D eigenvalue weighted by molar-refractivity contribution is -0.870. The summed E-state index contributed by atoms with van der Waals surface area (Å²) in [7, 11) is 15.1. The Morgan fingerprint density at radius 2 is 0.821 bits per heavy atom. The molecule has 0 aliphatic carbocycles. The van der Waals surface area contributed by atoms with E-state index in [1.54, 1.807) is 0 Å². The van der Waals surface area contributed by atoms with Gasteiger partial charge < -0.3 is 14.3 Å². The molecule has 0 saturated heterocycles. The maximum absolute atomic E-state index is 2.23. The summed E-state index contributed by atoms with van der Waals surface area (Å²) in [6.45, 7) is 23.3. The topological polar surface area (TPSA) is 6.48 Å². The first-order valence-corrected chi connectivity index (χ1v) is 15.9. The highest BCUT2D eigenvalue weighted by Crippen LogP contribution is 1.99. The fourth-order valence-corrected chi connectivity index (χ4v) is 2.54. The molecule has 0 aliphatic rings. The number of hydrogen-bond donors (Lipinski definition) is 0. The number of nitrogens with zero attached hydrogens (tertiary/aromatic N) is 3. The highest BCUT2D eigenvalue weighted by molar-refractivity contribution is 5.19. The summed E-state index contributed by atoms with van der Waals surface area (Å²) in [5, 5.41) is 0. The number of rotatable bonds is 11. The van der Waals surface area contributed by atoms with Crippen molar-refractivity contribution in [3.63, 3.8) is 0 Å². The molecule has 0 atom stereocenters. The predicted octanol–water partition coefficient (Wildman–Crippen LogP) is 10.7. The van der Waals surface area contributed by atoms with Gasteiger partial charge in [0.2, 0.25) is 0 Å². The van der Waals surface area contributed by atoms with Gasteiger partial charge in [-0.3, -0.25) is 0 Å². The van der Waals surface area contributed by atoms with Crippen molar-refractivity contribution in [3.05, 3.63) is 35.4 Å². The summed E-state index contributed by atoms with van der Waals surface area (Å²) >= 11 is 0. The average molecular weight is 557 g/mol. The van der Waals surface area contributed by atoms with Gasteiger partial charge in [-0.2, -0.15) is 0 Å². The van der Waals surface area contributed by atoms with E-state index in [0.717, 1.165) is 4.48 Å². The SMILES string of the molecule is C.CCCC.CCCCC.CCCCN(C)C.CCCC[N+](C)(C)C.CCCN(C)C.Cc1ccc(C)cc1. The highest BCUT2D eigenvalue weighted by Gasteiger charge is 2.03. The molecule has 1 aromatic carbocycles. The van der Waals surface area contributed by atoms with Crippen molar-refractivity contribution in [2.45, 2.75) is 134 Å². The van der Waals surface area contributed by atoms with Crippen LogP contribution in [0.4, 0.5) is 0 Å². The van der Waals surface area contributed by atoms with Gasteiger partial charge in [0.15, 0.2) is 0 Å². The lowest BCUT2D eigenvalue weighted by Gasteiger charge is -2.23. The second-order valence-corrected chi connectivity index (χ2v) is 11.8. The molecular formula is C36H82N3+. The van der Waals surface area contributed by atoms with Crippen LogP contribution in [0.5, 0.6) is 0 Å². The van der Waals surface area contributed by atoms with E-state index in [1.165, 1.54) is 95.0 Å². The Morgan fingerprint density at radius 1 is 0.487 bits per heavy atom. The molecule has 0 N–H and O–H groups in total. The molecule has 39 heavy (non-hydrogen) atoms. The van der Waals surface area contributed by atoms with Crippen LogP contribution in [0.3, 0.4) is 0 Å². The van der Waals surface area contributed by atoms with E-state index in [-0.39, 0.29) is 7.43 Å². The summed E-state index contributed by atoms with van der Waals surface area (Å²) in [5.74, 6) is 0. The Balaban J connectivity index is -0.0000000847. The van der Waals surface area contributed by atoms with Gasteiger partial charge in [-0.25, -0.2) is 0 Å². The Bertz CT molecular complexity index is 462. The quantitative estimate of drug-likeness (QED) is 0.250. The van der Waals surface area contributed by atoms with E-state index in [2.05, 4.69) is 146 Å². The first-order chi connectivity index (χ1) is 17.7. The molecule has 0 aliphatic heterocycles. The summed E-state index contributed by atoms with van der Waals surface area (Å²) in [6.07, 6.45) is 13.3. The van der Waals surface area contributed by atoms with Crippen LogP contribution < -0.4 is 0 Å². The number of hydrogen-bond acceptors (Lipinski definition) is 2. The average Bonchev–Trinajstić information content (AvgIpc) is 2.85. The molecular weight excluding hydrogens is 474 g/mol. The van der Waals surface area contributed by atoms with Gasteiger partial charge in [0.1, 0.15) is 0 Å². The van der Waals surface area contributed by atoms with Crippen LogP contribution in [0.25, 0.3) is 0 Å². The van der Waals surface area contributed by atoms with E-state index in [1.807, 2.05) is 0 Å². The van der Waals surface area contributed by atoms with Gasteiger partial charge >= 0.3 is 0 Å². The largest absolute Gasteiger partial charge is 0.331 e. The van der Waals surface area contributed by atoms with Crippen LogP contribution in [-0.4, -0.2) is 83.3 Å². The number of unbranched alkanes of at least 4 members (excludes halogenated alkanes) is 5. The van der Waals surface area contributed by atoms with E-state index in [4.69, 9.17) is 0 Å². The molecule has 0 spiro atoms. The molecule has 0 fully saturated rings. The summed E-state index contributed by atoms with van der Waals surface area (Å²) < 4.78 is 1.10. The van der Waals surface area contributed by atoms with Crippen molar-refractivity contribution in [3.8, 4) is 0 Å². The normalized spacial score (nSPS) is 9.59.